The normalized spacial score (nSPS) is 20.8. The molecule has 0 aromatic rings. The molecule has 1 rings (SSSR count). The zero-order chi connectivity index (χ0) is 12.7. The van der Waals surface area contributed by atoms with Crippen LogP contribution < -0.4 is 11.1 Å². The van der Waals surface area contributed by atoms with Gasteiger partial charge >= 0.3 is 0 Å². The van der Waals surface area contributed by atoms with Crippen LogP contribution in [0.15, 0.2) is 0 Å². The summed E-state index contributed by atoms with van der Waals surface area (Å²) in [6.07, 6.45) is 7.94. The molecule has 0 spiro atoms. The van der Waals surface area contributed by atoms with Crippen LogP contribution in [0.1, 0.15) is 38.5 Å². The Morgan fingerprint density at radius 3 is 2.53 bits per heavy atom. The SMILES string of the molecule is CS(=O)CCNC(=O)CC1(CN)CCCCC1. The molecule has 4 nitrogen and oxygen atoms in total. The van der Waals surface area contributed by atoms with Gasteiger partial charge in [0.15, 0.2) is 0 Å². The molecule has 1 fully saturated rings. The third-order valence-electron chi connectivity index (χ3n) is 3.59. The van der Waals surface area contributed by atoms with Crippen molar-refractivity contribution in [3.05, 3.63) is 0 Å². The van der Waals surface area contributed by atoms with Crippen molar-refractivity contribution in [2.75, 3.05) is 25.1 Å². The van der Waals surface area contributed by atoms with Gasteiger partial charge in [-0.1, -0.05) is 19.3 Å². The molecule has 1 aliphatic carbocycles. The minimum Gasteiger partial charge on any atom is -0.355 e. The Balaban J connectivity index is 2.34. The van der Waals surface area contributed by atoms with Gasteiger partial charge in [-0.15, -0.1) is 0 Å². The standard InChI is InChI=1S/C12H24N2O2S/c1-17(16)8-7-14-11(15)9-12(10-13)5-3-2-4-6-12/h2-10,13H2,1H3,(H,14,15). The molecule has 0 aromatic heterocycles. The molecular weight excluding hydrogens is 236 g/mol. The van der Waals surface area contributed by atoms with Crippen molar-refractivity contribution in [2.24, 2.45) is 11.1 Å². The summed E-state index contributed by atoms with van der Waals surface area (Å²) in [5, 5.41) is 2.83. The Morgan fingerprint density at radius 1 is 1.35 bits per heavy atom. The van der Waals surface area contributed by atoms with E-state index in [0.29, 0.717) is 25.3 Å². The molecule has 0 bridgehead atoms. The minimum absolute atomic E-state index is 0.0215. The topological polar surface area (TPSA) is 72.2 Å². The lowest BCUT2D eigenvalue weighted by molar-refractivity contribution is -0.123. The average molecular weight is 260 g/mol. The third-order valence-corrected chi connectivity index (χ3v) is 4.37. The molecular formula is C12H24N2O2S. The second-order valence-corrected chi connectivity index (χ2v) is 6.62. The van der Waals surface area contributed by atoms with Crippen molar-refractivity contribution >= 4 is 16.7 Å². The Bertz CT molecular complexity index is 276. The van der Waals surface area contributed by atoms with E-state index in [-0.39, 0.29) is 11.3 Å². The number of carbonyl (C=O) groups excluding carboxylic acids is 1. The summed E-state index contributed by atoms with van der Waals surface area (Å²) in [6, 6.07) is 0. The average Bonchev–Trinajstić information content (AvgIpc) is 2.29. The van der Waals surface area contributed by atoms with Crippen molar-refractivity contribution in [1.29, 1.82) is 0 Å². The van der Waals surface area contributed by atoms with Crippen LogP contribution in [0.2, 0.25) is 0 Å². The molecule has 1 aliphatic rings. The van der Waals surface area contributed by atoms with E-state index >= 15 is 0 Å². The second-order valence-electron chi connectivity index (χ2n) is 5.07. The van der Waals surface area contributed by atoms with Crippen molar-refractivity contribution < 1.29 is 9.00 Å². The Kier molecular flexibility index (Phi) is 6.12. The van der Waals surface area contributed by atoms with Crippen LogP contribution in [0.4, 0.5) is 0 Å². The maximum atomic E-state index is 11.8. The largest absolute Gasteiger partial charge is 0.355 e. The summed E-state index contributed by atoms with van der Waals surface area (Å²) in [4.78, 5) is 11.8. The molecule has 1 amide bonds. The first-order chi connectivity index (χ1) is 8.08. The Labute approximate surface area is 106 Å². The molecule has 3 N–H and O–H groups in total. The Hall–Kier alpha value is -0.420. The first-order valence-electron chi connectivity index (χ1n) is 6.35. The van der Waals surface area contributed by atoms with Crippen LogP contribution in [0, 0.1) is 5.41 Å². The molecule has 1 atom stereocenters. The van der Waals surface area contributed by atoms with E-state index in [9.17, 15) is 9.00 Å². The monoisotopic (exact) mass is 260 g/mol. The van der Waals surface area contributed by atoms with Gasteiger partial charge in [0.05, 0.1) is 0 Å². The Morgan fingerprint density at radius 2 is 2.00 bits per heavy atom. The maximum Gasteiger partial charge on any atom is 0.220 e. The highest BCUT2D eigenvalue weighted by atomic mass is 32.2. The predicted octanol–water partition coefficient (Wildman–Crippen LogP) is 0.780. The smallest absolute Gasteiger partial charge is 0.220 e. The van der Waals surface area contributed by atoms with Gasteiger partial charge < -0.3 is 11.1 Å². The predicted molar refractivity (Wildman–Crippen MR) is 71.1 cm³/mol. The molecule has 0 saturated heterocycles. The molecule has 0 aromatic carbocycles. The number of amides is 1. The zero-order valence-electron chi connectivity index (χ0n) is 10.7. The second kappa shape index (κ2) is 7.11. The van der Waals surface area contributed by atoms with Crippen LogP contribution in [0.5, 0.6) is 0 Å². The van der Waals surface area contributed by atoms with E-state index in [0.717, 1.165) is 12.8 Å². The van der Waals surface area contributed by atoms with Crippen molar-refractivity contribution in [1.82, 2.24) is 5.32 Å². The quantitative estimate of drug-likeness (QED) is 0.741. The molecule has 5 heteroatoms. The highest BCUT2D eigenvalue weighted by Gasteiger charge is 2.32. The van der Waals surface area contributed by atoms with E-state index in [1.165, 1.54) is 19.3 Å². The van der Waals surface area contributed by atoms with Crippen molar-refractivity contribution in [3.63, 3.8) is 0 Å². The summed E-state index contributed by atoms with van der Waals surface area (Å²) in [5.74, 6) is 0.587. The van der Waals surface area contributed by atoms with Gasteiger partial charge in [0.2, 0.25) is 5.91 Å². The number of rotatable bonds is 6. The lowest BCUT2D eigenvalue weighted by Gasteiger charge is -2.35. The van der Waals surface area contributed by atoms with Crippen molar-refractivity contribution in [3.8, 4) is 0 Å². The van der Waals surface area contributed by atoms with Gasteiger partial charge in [0.25, 0.3) is 0 Å². The van der Waals surface area contributed by atoms with Crippen molar-refractivity contribution in [2.45, 2.75) is 38.5 Å². The van der Waals surface area contributed by atoms with Crippen LogP contribution >= 0.6 is 0 Å². The summed E-state index contributed by atoms with van der Waals surface area (Å²) >= 11 is 0. The van der Waals surface area contributed by atoms with Gasteiger partial charge in [0, 0.05) is 35.8 Å². The molecule has 0 heterocycles. The van der Waals surface area contributed by atoms with E-state index in [1.54, 1.807) is 6.26 Å². The number of carbonyl (C=O) groups is 1. The zero-order valence-corrected chi connectivity index (χ0v) is 11.5. The summed E-state index contributed by atoms with van der Waals surface area (Å²) in [5.41, 5.74) is 5.86. The lowest BCUT2D eigenvalue weighted by atomic mass is 9.72. The highest BCUT2D eigenvalue weighted by Crippen LogP contribution is 2.38. The first kappa shape index (κ1) is 14.6. The fourth-order valence-corrected chi connectivity index (χ4v) is 2.88. The fourth-order valence-electron chi connectivity index (χ4n) is 2.49. The van der Waals surface area contributed by atoms with Gasteiger partial charge in [-0.25, -0.2) is 0 Å². The van der Waals surface area contributed by atoms with Gasteiger partial charge in [-0.3, -0.25) is 9.00 Å². The number of hydrogen-bond acceptors (Lipinski definition) is 3. The number of nitrogens with one attached hydrogen (secondary N) is 1. The van der Waals surface area contributed by atoms with E-state index in [4.69, 9.17) is 5.73 Å². The summed E-state index contributed by atoms with van der Waals surface area (Å²) in [7, 11) is -0.840. The maximum absolute atomic E-state index is 11.8. The van der Waals surface area contributed by atoms with Crippen LogP contribution in [-0.4, -0.2) is 35.2 Å². The highest BCUT2D eigenvalue weighted by molar-refractivity contribution is 7.84. The first-order valence-corrected chi connectivity index (χ1v) is 8.07. The van der Waals surface area contributed by atoms with E-state index < -0.39 is 10.8 Å². The summed E-state index contributed by atoms with van der Waals surface area (Å²) < 4.78 is 10.9. The molecule has 1 unspecified atom stereocenters. The number of nitrogens with two attached hydrogens (primary N) is 1. The van der Waals surface area contributed by atoms with Gasteiger partial charge in [-0.2, -0.15) is 0 Å². The van der Waals surface area contributed by atoms with Crippen LogP contribution in [0.3, 0.4) is 0 Å². The van der Waals surface area contributed by atoms with Crippen LogP contribution in [-0.2, 0) is 15.6 Å². The third kappa shape index (κ3) is 5.17. The molecule has 0 radical (unpaired) electrons. The molecule has 1 saturated carbocycles. The van der Waals surface area contributed by atoms with Crippen LogP contribution in [0.25, 0.3) is 0 Å². The summed E-state index contributed by atoms with van der Waals surface area (Å²) in [6.45, 7) is 1.10. The molecule has 17 heavy (non-hydrogen) atoms. The fraction of sp³-hybridized carbons (Fsp3) is 0.917. The van der Waals surface area contributed by atoms with E-state index in [2.05, 4.69) is 5.32 Å². The number of hydrogen-bond donors (Lipinski definition) is 2. The molecule has 100 valence electrons. The molecule has 0 aliphatic heterocycles. The lowest BCUT2D eigenvalue weighted by Crippen LogP contribution is -2.39. The minimum atomic E-state index is -0.840. The van der Waals surface area contributed by atoms with Gasteiger partial charge in [-0.05, 0) is 24.8 Å². The van der Waals surface area contributed by atoms with Gasteiger partial charge in [0.1, 0.15) is 0 Å². The van der Waals surface area contributed by atoms with E-state index in [1.807, 2.05) is 0 Å².